The number of nitrogens with zero attached hydrogens (tertiary/aromatic N) is 1. The highest BCUT2D eigenvalue weighted by Crippen LogP contribution is 2.09. The van der Waals surface area contributed by atoms with E-state index in [9.17, 15) is 0 Å². The Bertz CT molecular complexity index is 151. The molecule has 0 aliphatic heterocycles. The molecule has 0 rings (SSSR count). The fourth-order valence-corrected chi connectivity index (χ4v) is 2.25. The fraction of sp³-hybridized carbons (Fsp3) is 1.00. The monoisotopic (exact) mass is 248 g/mol. The maximum atomic E-state index is 8.67. The number of hydrogen-bond acceptors (Lipinski definition) is 2. The molecule has 98 valence electrons. The van der Waals surface area contributed by atoms with Gasteiger partial charge in [0.1, 0.15) is 0 Å². The molecule has 0 amide bonds. The SMILES string of the molecule is CCCCCCCC[N+](C)(C)CCCSO. The molecule has 0 fully saturated rings. The van der Waals surface area contributed by atoms with E-state index in [0.717, 1.165) is 28.7 Å². The van der Waals surface area contributed by atoms with Crippen molar-refractivity contribution >= 4 is 12.0 Å². The number of rotatable bonds is 11. The lowest BCUT2D eigenvalue weighted by Gasteiger charge is -2.29. The van der Waals surface area contributed by atoms with Crippen molar-refractivity contribution in [3.8, 4) is 0 Å². The van der Waals surface area contributed by atoms with Crippen molar-refractivity contribution in [1.29, 1.82) is 0 Å². The summed E-state index contributed by atoms with van der Waals surface area (Å²) in [6.45, 7) is 4.73. The molecule has 3 heteroatoms. The predicted molar refractivity (Wildman–Crippen MR) is 74.9 cm³/mol. The number of quaternary nitrogens is 1. The van der Waals surface area contributed by atoms with Crippen LogP contribution in [0.1, 0.15) is 51.9 Å². The van der Waals surface area contributed by atoms with Gasteiger partial charge in [0.15, 0.2) is 0 Å². The minimum Gasteiger partial charge on any atom is -0.330 e. The molecule has 0 heterocycles. The highest BCUT2D eigenvalue weighted by atomic mass is 32.2. The summed E-state index contributed by atoms with van der Waals surface area (Å²) in [5.41, 5.74) is 0. The average Bonchev–Trinajstić information content (AvgIpc) is 2.23. The van der Waals surface area contributed by atoms with Crippen LogP contribution in [0.15, 0.2) is 0 Å². The zero-order valence-electron chi connectivity index (χ0n) is 11.4. The molecule has 0 unspecified atom stereocenters. The van der Waals surface area contributed by atoms with Crippen LogP contribution in [0.4, 0.5) is 0 Å². The van der Waals surface area contributed by atoms with E-state index in [4.69, 9.17) is 4.55 Å². The molecule has 0 aromatic rings. The largest absolute Gasteiger partial charge is 0.330 e. The van der Waals surface area contributed by atoms with Crippen molar-refractivity contribution in [2.24, 2.45) is 0 Å². The van der Waals surface area contributed by atoms with Crippen LogP contribution in [-0.2, 0) is 0 Å². The average molecular weight is 248 g/mol. The molecule has 0 saturated heterocycles. The second kappa shape index (κ2) is 10.4. The van der Waals surface area contributed by atoms with Gasteiger partial charge in [0.25, 0.3) is 0 Å². The summed E-state index contributed by atoms with van der Waals surface area (Å²) in [5, 5.41) is 0. The smallest absolute Gasteiger partial charge is 0.0791 e. The molecule has 0 spiro atoms. The lowest BCUT2D eigenvalue weighted by Crippen LogP contribution is -2.41. The highest BCUT2D eigenvalue weighted by molar-refractivity contribution is 7.93. The maximum Gasteiger partial charge on any atom is 0.0791 e. The van der Waals surface area contributed by atoms with Gasteiger partial charge in [-0.25, -0.2) is 0 Å². The first-order chi connectivity index (χ1) is 7.62. The van der Waals surface area contributed by atoms with Crippen molar-refractivity contribution in [3.05, 3.63) is 0 Å². The molecule has 0 aliphatic rings. The molecule has 2 nitrogen and oxygen atoms in total. The Labute approximate surface area is 106 Å². The van der Waals surface area contributed by atoms with Crippen LogP contribution in [0.5, 0.6) is 0 Å². The van der Waals surface area contributed by atoms with Gasteiger partial charge in [0.2, 0.25) is 0 Å². The van der Waals surface area contributed by atoms with Crippen LogP contribution < -0.4 is 0 Å². The Morgan fingerprint density at radius 1 is 0.875 bits per heavy atom. The Morgan fingerprint density at radius 3 is 2.06 bits per heavy atom. The van der Waals surface area contributed by atoms with Gasteiger partial charge in [-0.1, -0.05) is 32.6 Å². The Morgan fingerprint density at radius 2 is 1.44 bits per heavy atom. The summed E-state index contributed by atoms with van der Waals surface area (Å²) >= 11 is 0.970. The number of unbranched alkanes of at least 4 members (excludes halogenated alkanes) is 5. The summed E-state index contributed by atoms with van der Waals surface area (Å²) in [4.78, 5) is 0. The second-order valence-electron chi connectivity index (χ2n) is 5.34. The van der Waals surface area contributed by atoms with Crippen molar-refractivity contribution in [3.63, 3.8) is 0 Å². The van der Waals surface area contributed by atoms with Gasteiger partial charge in [0, 0.05) is 12.2 Å². The fourth-order valence-electron chi connectivity index (χ4n) is 1.99. The highest BCUT2D eigenvalue weighted by Gasteiger charge is 2.13. The molecule has 0 aliphatic carbocycles. The normalized spacial score (nSPS) is 12.0. The van der Waals surface area contributed by atoms with Gasteiger partial charge in [0.05, 0.1) is 27.2 Å². The van der Waals surface area contributed by atoms with Gasteiger partial charge in [-0.15, -0.1) is 0 Å². The van der Waals surface area contributed by atoms with Gasteiger partial charge in [-0.3, -0.25) is 0 Å². The molecule has 0 radical (unpaired) electrons. The van der Waals surface area contributed by atoms with E-state index < -0.39 is 0 Å². The molecule has 0 aromatic carbocycles. The summed E-state index contributed by atoms with van der Waals surface area (Å²) in [5.74, 6) is 0.873. The molecule has 0 atom stereocenters. The van der Waals surface area contributed by atoms with Crippen molar-refractivity contribution in [2.45, 2.75) is 51.9 Å². The Hall–Kier alpha value is 0.270. The molecule has 0 saturated carbocycles. The van der Waals surface area contributed by atoms with E-state index in [-0.39, 0.29) is 0 Å². The Kier molecular flexibility index (Phi) is 10.6. The van der Waals surface area contributed by atoms with E-state index in [1.54, 1.807) is 0 Å². The summed E-state index contributed by atoms with van der Waals surface area (Å²) in [6.07, 6.45) is 9.39. The predicted octanol–water partition coefficient (Wildman–Crippen LogP) is 4.02. The Balaban J connectivity index is 3.35. The van der Waals surface area contributed by atoms with Gasteiger partial charge >= 0.3 is 0 Å². The van der Waals surface area contributed by atoms with Gasteiger partial charge < -0.3 is 9.04 Å². The standard InChI is InChI=1S/C13H29NOS/c1-4-5-6-7-8-9-11-14(2,3)12-10-13-16-15/h4-13H2,1-3H3/p+1. The van der Waals surface area contributed by atoms with Crippen molar-refractivity contribution in [1.82, 2.24) is 0 Å². The van der Waals surface area contributed by atoms with E-state index in [1.165, 1.54) is 51.6 Å². The molecule has 16 heavy (non-hydrogen) atoms. The van der Waals surface area contributed by atoms with Crippen LogP contribution in [0, 0.1) is 0 Å². The zero-order chi connectivity index (χ0) is 12.3. The zero-order valence-corrected chi connectivity index (χ0v) is 12.2. The molecular weight excluding hydrogens is 218 g/mol. The number of hydrogen-bond donors (Lipinski definition) is 1. The van der Waals surface area contributed by atoms with Crippen LogP contribution in [0.2, 0.25) is 0 Å². The van der Waals surface area contributed by atoms with E-state index in [1.807, 2.05) is 0 Å². The summed E-state index contributed by atoms with van der Waals surface area (Å²) in [6, 6.07) is 0. The molecule has 0 bridgehead atoms. The first-order valence-electron chi connectivity index (χ1n) is 6.71. The quantitative estimate of drug-likeness (QED) is 0.338. The third-order valence-corrected chi connectivity index (χ3v) is 3.59. The van der Waals surface area contributed by atoms with Crippen molar-refractivity contribution < 1.29 is 9.04 Å². The lowest BCUT2D eigenvalue weighted by molar-refractivity contribution is -0.890. The van der Waals surface area contributed by atoms with Crippen molar-refractivity contribution in [2.75, 3.05) is 32.9 Å². The van der Waals surface area contributed by atoms with Gasteiger partial charge in [-0.05, 0) is 24.9 Å². The van der Waals surface area contributed by atoms with Crippen LogP contribution in [0.3, 0.4) is 0 Å². The van der Waals surface area contributed by atoms with E-state index in [0.29, 0.717) is 0 Å². The van der Waals surface area contributed by atoms with Crippen LogP contribution in [-0.4, -0.2) is 42.0 Å². The third kappa shape index (κ3) is 10.8. The van der Waals surface area contributed by atoms with E-state index >= 15 is 0 Å². The van der Waals surface area contributed by atoms with E-state index in [2.05, 4.69) is 21.0 Å². The molecule has 0 aromatic heterocycles. The summed E-state index contributed by atoms with van der Waals surface area (Å²) in [7, 11) is 4.60. The first-order valence-corrected chi connectivity index (χ1v) is 7.65. The second-order valence-corrected chi connectivity index (χ2v) is 6.00. The minimum absolute atomic E-state index is 0.873. The maximum absolute atomic E-state index is 8.67. The minimum atomic E-state index is 0.873. The first kappa shape index (κ1) is 16.3. The lowest BCUT2D eigenvalue weighted by atomic mass is 10.1. The molecule has 1 N–H and O–H groups in total. The topological polar surface area (TPSA) is 20.2 Å². The van der Waals surface area contributed by atoms with Crippen LogP contribution >= 0.6 is 12.0 Å². The molecular formula is C13H30NOS+. The van der Waals surface area contributed by atoms with Gasteiger partial charge in [-0.2, -0.15) is 0 Å². The summed E-state index contributed by atoms with van der Waals surface area (Å²) < 4.78 is 9.77. The third-order valence-electron chi connectivity index (χ3n) is 3.12. The van der Waals surface area contributed by atoms with Crippen LogP contribution in [0.25, 0.3) is 0 Å².